The van der Waals surface area contributed by atoms with Gasteiger partial charge in [-0.15, -0.1) is 0 Å². The number of nitrogens with zero attached hydrogens (tertiary/aromatic N) is 1. The molecule has 176 valence electrons. The Labute approximate surface area is 190 Å². The van der Waals surface area contributed by atoms with Crippen LogP contribution in [-0.4, -0.2) is 53.1 Å². The van der Waals surface area contributed by atoms with Gasteiger partial charge in [0.25, 0.3) is 0 Å². The van der Waals surface area contributed by atoms with Crippen LogP contribution in [0.4, 0.5) is 0 Å². The minimum atomic E-state index is -0.734. The van der Waals surface area contributed by atoms with Crippen molar-refractivity contribution in [2.75, 3.05) is 13.1 Å². The molecule has 0 radical (unpaired) electrons. The lowest BCUT2D eigenvalue weighted by molar-refractivity contribution is -0.146. The van der Waals surface area contributed by atoms with Crippen LogP contribution in [0, 0.1) is 11.8 Å². The zero-order chi connectivity index (χ0) is 22.9. The number of carboxylic acids is 1. The molecule has 0 unspecified atom stereocenters. The Balaban J connectivity index is 1.45. The number of hydrogen-bond donors (Lipinski definition) is 2. The van der Waals surface area contributed by atoms with E-state index in [1.165, 1.54) is 0 Å². The number of benzene rings is 1. The molecule has 0 aliphatic carbocycles. The van der Waals surface area contributed by atoms with Crippen molar-refractivity contribution in [3.63, 3.8) is 0 Å². The highest BCUT2D eigenvalue weighted by Gasteiger charge is 2.48. The third-order valence-electron chi connectivity index (χ3n) is 6.85. The molecule has 7 nitrogen and oxygen atoms in total. The fourth-order valence-corrected chi connectivity index (χ4v) is 5.12. The molecule has 2 heterocycles. The van der Waals surface area contributed by atoms with Gasteiger partial charge in [0.15, 0.2) is 0 Å². The van der Waals surface area contributed by atoms with Gasteiger partial charge in [-0.3, -0.25) is 14.4 Å². The summed E-state index contributed by atoms with van der Waals surface area (Å²) in [6.45, 7) is 3.25. The van der Waals surface area contributed by atoms with E-state index in [-0.39, 0.29) is 24.5 Å². The molecule has 2 aliphatic rings. The molecule has 32 heavy (non-hydrogen) atoms. The summed E-state index contributed by atoms with van der Waals surface area (Å²) in [6.07, 6.45) is 7.48. The van der Waals surface area contributed by atoms with E-state index in [1.54, 1.807) is 4.90 Å². The van der Waals surface area contributed by atoms with Crippen molar-refractivity contribution in [3.8, 4) is 0 Å². The van der Waals surface area contributed by atoms with Crippen LogP contribution in [0.3, 0.4) is 0 Å². The molecule has 3 rings (SSSR count). The molecule has 4 atom stereocenters. The fraction of sp³-hybridized carbons (Fsp3) is 0.640. The Morgan fingerprint density at radius 2 is 1.72 bits per heavy atom. The molecule has 2 N–H and O–H groups in total. The number of ether oxygens (including phenoxy) is 1. The van der Waals surface area contributed by atoms with Gasteiger partial charge >= 0.3 is 17.8 Å². The predicted octanol–water partition coefficient (Wildman–Crippen LogP) is 3.37. The number of likely N-dealkylation sites (N-methyl/N-ethyl adjacent to an activating group) is 1. The van der Waals surface area contributed by atoms with Crippen LogP contribution in [0.25, 0.3) is 0 Å². The number of unbranched alkanes of at least 4 members (excludes halogenated alkanes) is 3. The Hall–Kier alpha value is -2.41. The molecule has 1 aromatic carbocycles. The first-order valence-electron chi connectivity index (χ1n) is 12.0. The van der Waals surface area contributed by atoms with Crippen molar-refractivity contribution in [2.24, 2.45) is 11.8 Å². The van der Waals surface area contributed by atoms with Crippen LogP contribution >= 0.6 is 0 Å². The lowest BCUT2D eigenvalue weighted by atomic mass is 9.76. The first-order chi connectivity index (χ1) is 15.5. The largest absolute Gasteiger partial charge is 0.481 e. The minimum Gasteiger partial charge on any atom is -0.481 e. The third kappa shape index (κ3) is 6.55. The average Bonchev–Trinajstić information content (AvgIpc) is 3.40. The van der Waals surface area contributed by atoms with Crippen LogP contribution in [0.15, 0.2) is 30.3 Å². The highest BCUT2D eigenvalue weighted by atomic mass is 16.5. The molecular formula is C25H36N2O5. The number of amides is 2. The van der Waals surface area contributed by atoms with Gasteiger partial charge in [-0.2, -0.15) is 0 Å². The molecule has 0 aromatic heterocycles. The maximum absolute atomic E-state index is 12.7. The van der Waals surface area contributed by atoms with Crippen molar-refractivity contribution >= 4 is 17.8 Å². The minimum absolute atomic E-state index is 0.166. The second-order valence-corrected chi connectivity index (χ2v) is 8.98. The quantitative estimate of drug-likeness (QED) is 0.381. The second-order valence-electron chi connectivity index (χ2n) is 8.98. The Kier molecular flexibility index (Phi) is 9.09. The van der Waals surface area contributed by atoms with E-state index in [1.807, 2.05) is 37.3 Å². The van der Waals surface area contributed by atoms with Gasteiger partial charge < -0.3 is 20.1 Å². The Morgan fingerprint density at radius 3 is 2.41 bits per heavy atom. The summed E-state index contributed by atoms with van der Waals surface area (Å²) < 4.78 is 6.12. The van der Waals surface area contributed by atoms with Gasteiger partial charge in [-0.1, -0.05) is 49.6 Å². The van der Waals surface area contributed by atoms with Crippen LogP contribution < -0.4 is 5.32 Å². The van der Waals surface area contributed by atoms with Gasteiger partial charge in [0.1, 0.15) is 0 Å². The number of carbonyl (C=O) groups excluding carboxylic acids is 2. The molecule has 2 fully saturated rings. The van der Waals surface area contributed by atoms with E-state index in [0.717, 1.165) is 50.5 Å². The summed E-state index contributed by atoms with van der Waals surface area (Å²) in [6, 6.07) is 9.68. The maximum atomic E-state index is 12.7. The lowest BCUT2D eigenvalue weighted by Crippen LogP contribution is -2.46. The number of nitrogens with one attached hydrogen (secondary N) is 1. The van der Waals surface area contributed by atoms with E-state index < -0.39 is 17.8 Å². The maximum Gasteiger partial charge on any atom is 0.312 e. The number of carboxylic acid groups (broad SMARTS) is 1. The zero-order valence-corrected chi connectivity index (χ0v) is 19.0. The molecule has 7 heteroatoms. The third-order valence-corrected chi connectivity index (χ3v) is 6.85. The van der Waals surface area contributed by atoms with Crippen molar-refractivity contribution in [1.29, 1.82) is 0 Å². The van der Waals surface area contributed by atoms with Crippen molar-refractivity contribution in [1.82, 2.24) is 10.2 Å². The van der Waals surface area contributed by atoms with Crippen LogP contribution in [0.5, 0.6) is 0 Å². The number of hydrogen-bond acceptors (Lipinski definition) is 4. The summed E-state index contributed by atoms with van der Waals surface area (Å²) >= 11 is 0. The zero-order valence-electron chi connectivity index (χ0n) is 19.0. The molecule has 2 aliphatic heterocycles. The number of fused-ring (bicyclic) bond motifs is 2. The smallest absolute Gasteiger partial charge is 0.312 e. The molecule has 0 saturated carbocycles. The predicted molar refractivity (Wildman–Crippen MR) is 121 cm³/mol. The molecule has 2 bridgehead atoms. The number of rotatable bonds is 12. The molecular weight excluding hydrogens is 408 g/mol. The van der Waals surface area contributed by atoms with E-state index >= 15 is 0 Å². The van der Waals surface area contributed by atoms with E-state index in [9.17, 15) is 14.4 Å². The van der Waals surface area contributed by atoms with E-state index in [0.29, 0.717) is 25.6 Å². The van der Waals surface area contributed by atoms with Gasteiger partial charge in [0.2, 0.25) is 0 Å². The van der Waals surface area contributed by atoms with Crippen LogP contribution in [0.2, 0.25) is 0 Å². The molecule has 0 spiro atoms. The summed E-state index contributed by atoms with van der Waals surface area (Å²) in [5.74, 6) is -1.13. The SMILES string of the molecule is CCN(Cc1ccccc1)C(=O)C(=O)NC[C@@H]1[C@@H](CCCCCCC(=O)O)[C@@H]2CC[C@H]1O2. The van der Waals surface area contributed by atoms with Gasteiger partial charge in [0, 0.05) is 32.0 Å². The first-order valence-corrected chi connectivity index (χ1v) is 12.0. The fourth-order valence-electron chi connectivity index (χ4n) is 5.12. The average molecular weight is 445 g/mol. The van der Waals surface area contributed by atoms with Crippen molar-refractivity contribution in [2.45, 2.75) is 77.0 Å². The first kappa shape index (κ1) is 24.2. The van der Waals surface area contributed by atoms with Crippen molar-refractivity contribution in [3.05, 3.63) is 35.9 Å². The molecule has 2 saturated heterocycles. The lowest BCUT2D eigenvalue weighted by Gasteiger charge is -2.28. The Morgan fingerprint density at radius 1 is 1.03 bits per heavy atom. The number of carbonyl (C=O) groups is 3. The standard InChI is InChI=1S/C25H36N2O5/c1-2-27(17-18-10-6-5-7-11-18)25(31)24(30)26-16-20-19(21-14-15-22(20)32-21)12-8-3-4-9-13-23(28)29/h5-7,10-11,19-22H,2-4,8-9,12-17H2,1H3,(H,26,30)(H,28,29)/t19-,20-,21+,22-/m1/s1. The van der Waals surface area contributed by atoms with E-state index in [2.05, 4.69) is 5.32 Å². The Bertz CT molecular complexity index is 769. The number of aliphatic carboxylic acids is 1. The van der Waals surface area contributed by atoms with Gasteiger partial charge in [-0.05, 0) is 44.1 Å². The van der Waals surface area contributed by atoms with Crippen LogP contribution in [-0.2, 0) is 25.7 Å². The van der Waals surface area contributed by atoms with Gasteiger partial charge in [-0.25, -0.2) is 0 Å². The molecule has 1 aromatic rings. The summed E-state index contributed by atoms with van der Waals surface area (Å²) in [5, 5.41) is 11.6. The summed E-state index contributed by atoms with van der Waals surface area (Å²) in [5.41, 5.74) is 1.00. The second kappa shape index (κ2) is 12.0. The highest BCUT2D eigenvalue weighted by molar-refractivity contribution is 6.34. The molecule has 2 amide bonds. The van der Waals surface area contributed by atoms with Crippen LogP contribution in [0.1, 0.15) is 63.9 Å². The normalized spacial score (nSPS) is 23.8. The summed E-state index contributed by atoms with van der Waals surface area (Å²) in [7, 11) is 0. The van der Waals surface area contributed by atoms with Crippen molar-refractivity contribution < 1.29 is 24.2 Å². The topological polar surface area (TPSA) is 95.9 Å². The summed E-state index contributed by atoms with van der Waals surface area (Å²) in [4.78, 5) is 37.5. The monoisotopic (exact) mass is 444 g/mol. The van der Waals surface area contributed by atoms with E-state index in [4.69, 9.17) is 9.84 Å². The highest BCUT2D eigenvalue weighted by Crippen LogP contribution is 2.45. The van der Waals surface area contributed by atoms with Gasteiger partial charge in [0.05, 0.1) is 12.2 Å².